The van der Waals surface area contributed by atoms with E-state index < -0.39 is 0 Å². The Labute approximate surface area is 168 Å². The highest BCUT2D eigenvalue weighted by molar-refractivity contribution is 5.95. The second-order valence-electron chi connectivity index (χ2n) is 7.68. The lowest BCUT2D eigenvalue weighted by Gasteiger charge is -2.32. The molecule has 1 N–H and O–H groups in total. The van der Waals surface area contributed by atoms with E-state index in [0.29, 0.717) is 17.2 Å². The molecule has 0 unspecified atom stereocenters. The normalized spacial score (nSPS) is 17.3. The molecule has 29 heavy (non-hydrogen) atoms. The Hall–Kier alpha value is -3.00. The molecular weight excluding hydrogens is 368 g/mol. The number of likely N-dealkylation sites (tertiary alicyclic amines) is 1. The molecule has 8 nitrogen and oxygen atoms in total. The summed E-state index contributed by atoms with van der Waals surface area (Å²) in [6.45, 7) is 5.99. The summed E-state index contributed by atoms with van der Waals surface area (Å²) >= 11 is 0. The van der Waals surface area contributed by atoms with Gasteiger partial charge in [-0.3, -0.25) is 4.79 Å². The first-order valence-electron chi connectivity index (χ1n) is 10.1. The molecule has 3 aromatic heterocycles. The number of furan rings is 1. The van der Waals surface area contributed by atoms with Crippen LogP contribution in [0.25, 0.3) is 11.5 Å². The van der Waals surface area contributed by atoms with Crippen molar-refractivity contribution in [3.63, 3.8) is 0 Å². The average molecular weight is 392 g/mol. The minimum absolute atomic E-state index is 0.0481. The molecule has 0 saturated carbocycles. The van der Waals surface area contributed by atoms with E-state index in [-0.39, 0.29) is 5.91 Å². The second-order valence-corrected chi connectivity index (χ2v) is 7.68. The zero-order valence-electron chi connectivity index (χ0n) is 16.5. The Morgan fingerprint density at radius 3 is 2.79 bits per heavy atom. The average Bonchev–Trinajstić information content (AvgIpc) is 3.44. The van der Waals surface area contributed by atoms with E-state index in [4.69, 9.17) is 4.42 Å². The Morgan fingerprint density at radius 2 is 2.03 bits per heavy atom. The molecule has 5 heterocycles. The first-order chi connectivity index (χ1) is 14.2. The fourth-order valence-electron chi connectivity index (χ4n) is 4.28. The second kappa shape index (κ2) is 7.44. The smallest absolute Gasteiger partial charge is 0.255 e. The van der Waals surface area contributed by atoms with E-state index >= 15 is 0 Å². The quantitative estimate of drug-likeness (QED) is 0.736. The number of rotatable bonds is 3. The Balaban J connectivity index is 1.27. The van der Waals surface area contributed by atoms with Crippen LogP contribution in [0.3, 0.4) is 0 Å². The van der Waals surface area contributed by atoms with Crippen LogP contribution in [0, 0.1) is 6.92 Å². The molecule has 1 saturated heterocycles. The third-order valence-electron chi connectivity index (χ3n) is 5.89. The molecule has 5 rings (SSSR count). The number of hydrogen-bond donors (Lipinski definition) is 1. The van der Waals surface area contributed by atoms with E-state index in [1.54, 1.807) is 6.26 Å². The molecular formula is C21H24N6O2. The first kappa shape index (κ1) is 18.1. The highest BCUT2D eigenvalue weighted by atomic mass is 16.3. The van der Waals surface area contributed by atoms with Crippen molar-refractivity contribution < 1.29 is 9.21 Å². The Morgan fingerprint density at radius 1 is 1.17 bits per heavy atom. The zero-order valence-corrected chi connectivity index (χ0v) is 16.5. The number of amides is 1. The van der Waals surface area contributed by atoms with Crippen molar-refractivity contribution in [1.82, 2.24) is 30.0 Å². The fourth-order valence-corrected chi connectivity index (χ4v) is 4.28. The van der Waals surface area contributed by atoms with Gasteiger partial charge < -0.3 is 19.2 Å². The molecule has 0 atom stereocenters. The van der Waals surface area contributed by atoms with Gasteiger partial charge in [0.15, 0.2) is 5.76 Å². The highest BCUT2D eigenvalue weighted by Gasteiger charge is 2.29. The molecule has 0 bridgehead atoms. The van der Waals surface area contributed by atoms with Gasteiger partial charge in [0.25, 0.3) is 5.91 Å². The summed E-state index contributed by atoms with van der Waals surface area (Å²) in [6.07, 6.45) is 3.45. The van der Waals surface area contributed by atoms with Crippen molar-refractivity contribution in [3.05, 3.63) is 53.4 Å². The fraction of sp³-hybridized carbons (Fsp3) is 0.429. The number of carbonyl (C=O) groups excluding carboxylic acids is 1. The van der Waals surface area contributed by atoms with Crippen LogP contribution in [0.2, 0.25) is 0 Å². The van der Waals surface area contributed by atoms with E-state index in [1.165, 1.54) is 0 Å². The van der Waals surface area contributed by atoms with Crippen LogP contribution < -0.4 is 5.32 Å². The molecule has 2 aliphatic rings. The molecule has 0 radical (unpaired) electrons. The van der Waals surface area contributed by atoms with E-state index in [0.717, 1.165) is 68.6 Å². The largest absolute Gasteiger partial charge is 0.463 e. The molecule has 0 aliphatic carbocycles. The van der Waals surface area contributed by atoms with Crippen molar-refractivity contribution in [2.24, 2.45) is 0 Å². The maximum absolute atomic E-state index is 13.1. The number of piperidine rings is 1. The third kappa shape index (κ3) is 3.33. The van der Waals surface area contributed by atoms with Crippen molar-refractivity contribution in [2.45, 2.75) is 38.8 Å². The Bertz CT molecular complexity index is 1020. The predicted molar refractivity (Wildman–Crippen MR) is 106 cm³/mol. The number of hydrogen-bond acceptors (Lipinski definition) is 6. The van der Waals surface area contributed by atoms with Gasteiger partial charge in [-0.05, 0) is 44.0 Å². The van der Waals surface area contributed by atoms with Crippen LogP contribution in [0.1, 0.15) is 46.5 Å². The van der Waals surface area contributed by atoms with Gasteiger partial charge in [0.05, 0.1) is 24.1 Å². The summed E-state index contributed by atoms with van der Waals surface area (Å²) < 4.78 is 7.65. The van der Waals surface area contributed by atoms with Gasteiger partial charge in [-0.25, -0.2) is 4.98 Å². The summed E-state index contributed by atoms with van der Waals surface area (Å²) in [5, 5.41) is 12.1. The number of pyridine rings is 1. The minimum atomic E-state index is 0.0481. The van der Waals surface area contributed by atoms with Crippen molar-refractivity contribution in [1.29, 1.82) is 0 Å². The van der Waals surface area contributed by atoms with E-state index in [9.17, 15) is 4.79 Å². The van der Waals surface area contributed by atoms with Gasteiger partial charge in [0.2, 0.25) is 0 Å². The van der Waals surface area contributed by atoms with Gasteiger partial charge >= 0.3 is 0 Å². The molecule has 1 amide bonds. The molecule has 1 fully saturated rings. The van der Waals surface area contributed by atoms with E-state index in [2.05, 4.69) is 25.1 Å². The standard InChI is InChI=1S/C21H24N6O2/c1-14-16(4-5-17(23-14)18-3-2-12-29-18)21(28)26-9-6-15(7-10-26)20-25-24-19-13-22-8-11-27(19)20/h2-5,12,15,22H,6-11,13H2,1H3. The van der Waals surface area contributed by atoms with Gasteiger partial charge in [-0.1, -0.05) is 0 Å². The van der Waals surface area contributed by atoms with Crippen molar-refractivity contribution in [3.8, 4) is 11.5 Å². The molecule has 0 spiro atoms. The van der Waals surface area contributed by atoms with Crippen LogP contribution in [0.5, 0.6) is 0 Å². The van der Waals surface area contributed by atoms with Gasteiger partial charge in [0, 0.05) is 32.1 Å². The topological polar surface area (TPSA) is 89.1 Å². The SMILES string of the molecule is Cc1nc(-c2ccco2)ccc1C(=O)N1CCC(c2nnc3n2CCNC3)CC1. The summed E-state index contributed by atoms with van der Waals surface area (Å²) in [5.74, 6) is 3.21. The number of nitrogens with zero attached hydrogens (tertiary/aromatic N) is 5. The summed E-state index contributed by atoms with van der Waals surface area (Å²) in [4.78, 5) is 19.6. The molecule has 0 aromatic carbocycles. The summed E-state index contributed by atoms with van der Waals surface area (Å²) in [5.41, 5.74) is 2.13. The van der Waals surface area contributed by atoms with Crippen LogP contribution in [0.4, 0.5) is 0 Å². The van der Waals surface area contributed by atoms with Crippen LogP contribution >= 0.6 is 0 Å². The zero-order chi connectivity index (χ0) is 19.8. The number of fused-ring (bicyclic) bond motifs is 1. The van der Waals surface area contributed by atoms with Crippen LogP contribution in [0.15, 0.2) is 34.9 Å². The summed E-state index contributed by atoms with van der Waals surface area (Å²) in [7, 11) is 0. The van der Waals surface area contributed by atoms with Gasteiger partial charge in [0.1, 0.15) is 17.3 Å². The maximum atomic E-state index is 13.1. The number of carbonyl (C=O) groups is 1. The number of aryl methyl sites for hydroxylation is 1. The Kier molecular flexibility index (Phi) is 4.63. The lowest BCUT2D eigenvalue weighted by Crippen LogP contribution is -2.39. The van der Waals surface area contributed by atoms with Crippen LogP contribution in [-0.2, 0) is 13.1 Å². The van der Waals surface area contributed by atoms with E-state index in [1.807, 2.05) is 36.1 Å². The molecule has 8 heteroatoms. The number of aromatic nitrogens is 4. The molecule has 2 aliphatic heterocycles. The van der Waals surface area contributed by atoms with Gasteiger partial charge in [-0.15, -0.1) is 10.2 Å². The lowest BCUT2D eigenvalue weighted by molar-refractivity contribution is 0.0709. The number of nitrogens with one attached hydrogen (secondary N) is 1. The molecule has 150 valence electrons. The third-order valence-corrected chi connectivity index (χ3v) is 5.89. The lowest BCUT2D eigenvalue weighted by atomic mass is 9.95. The summed E-state index contributed by atoms with van der Waals surface area (Å²) in [6, 6.07) is 7.41. The maximum Gasteiger partial charge on any atom is 0.255 e. The highest BCUT2D eigenvalue weighted by Crippen LogP contribution is 2.29. The van der Waals surface area contributed by atoms with Gasteiger partial charge in [-0.2, -0.15) is 0 Å². The van der Waals surface area contributed by atoms with Crippen molar-refractivity contribution >= 4 is 5.91 Å². The monoisotopic (exact) mass is 392 g/mol. The first-order valence-corrected chi connectivity index (χ1v) is 10.1. The van der Waals surface area contributed by atoms with Crippen LogP contribution in [-0.4, -0.2) is 50.2 Å². The predicted octanol–water partition coefficient (Wildman–Crippen LogP) is 2.36. The molecule has 3 aromatic rings. The minimum Gasteiger partial charge on any atom is -0.463 e. The van der Waals surface area contributed by atoms with Crippen molar-refractivity contribution in [2.75, 3.05) is 19.6 Å².